The first-order valence-corrected chi connectivity index (χ1v) is 5.25. The minimum atomic E-state index is -1.10. The second-order valence-electron chi connectivity index (χ2n) is 3.15. The van der Waals surface area contributed by atoms with Gasteiger partial charge in [0.15, 0.2) is 5.69 Å². The zero-order valence-electron chi connectivity index (χ0n) is 8.67. The molecule has 0 fully saturated rings. The Morgan fingerprint density at radius 3 is 2.88 bits per heavy atom. The maximum Gasteiger partial charge on any atom is 0.357 e. The molecule has 6 nitrogen and oxygen atoms in total. The molecule has 84 valence electrons. The van der Waals surface area contributed by atoms with Gasteiger partial charge in [-0.3, -0.25) is 4.68 Å². The van der Waals surface area contributed by atoms with Gasteiger partial charge in [0.25, 0.3) is 5.22 Å². The molecule has 0 saturated heterocycles. The predicted molar refractivity (Wildman–Crippen MR) is 55.5 cm³/mol. The Balaban J connectivity index is 2.20. The first-order valence-electron chi connectivity index (χ1n) is 4.43. The van der Waals surface area contributed by atoms with Crippen LogP contribution in [0.5, 0.6) is 0 Å². The van der Waals surface area contributed by atoms with Crippen molar-refractivity contribution in [1.82, 2.24) is 14.8 Å². The largest absolute Gasteiger partial charge is 0.476 e. The average Bonchev–Trinajstić information content (AvgIpc) is 2.75. The lowest BCUT2D eigenvalue weighted by Crippen LogP contribution is -1.95. The number of carboxylic acid groups (broad SMARTS) is 1. The number of carboxylic acids is 1. The first kappa shape index (κ1) is 10.7. The van der Waals surface area contributed by atoms with Crippen molar-refractivity contribution in [1.29, 1.82) is 0 Å². The number of hydrogen-bond donors (Lipinski definition) is 1. The topological polar surface area (TPSA) is 81.1 Å². The fourth-order valence-corrected chi connectivity index (χ4v) is 2.00. The standard InChI is InChI=1S/C9H9N3O3S/c1-5-3-7(12(2)11-5)16-9-10-6(4-15-9)8(13)14/h3-4H,1-2H3,(H,13,14). The lowest BCUT2D eigenvalue weighted by atomic mass is 10.5. The van der Waals surface area contributed by atoms with Crippen molar-refractivity contribution < 1.29 is 14.3 Å². The van der Waals surface area contributed by atoms with Gasteiger partial charge in [-0.05, 0) is 24.8 Å². The van der Waals surface area contributed by atoms with Crippen LogP contribution in [0, 0.1) is 6.92 Å². The lowest BCUT2D eigenvalue weighted by Gasteiger charge is -1.95. The molecule has 2 rings (SSSR count). The Bertz CT molecular complexity index is 532. The van der Waals surface area contributed by atoms with Crippen LogP contribution in [0.3, 0.4) is 0 Å². The highest BCUT2D eigenvalue weighted by molar-refractivity contribution is 7.99. The van der Waals surface area contributed by atoms with Crippen molar-refractivity contribution >= 4 is 17.7 Å². The number of aromatic nitrogens is 3. The number of carbonyl (C=O) groups is 1. The Morgan fingerprint density at radius 1 is 1.62 bits per heavy atom. The minimum absolute atomic E-state index is 0.0959. The lowest BCUT2D eigenvalue weighted by molar-refractivity contribution is 0.0690. The van der Waals surface area contributed by atoms with E-state index in [1.807, 2.05) is 13.0 Å². The van der Waals surface area contributed by atoms with Gasteiger partial charge in [0.05, 0.1) is 5.69 Å². The van der Waals surface area contributed by atoms with Crippen LogP contribution in [-0.4, -0.2) is 25.8 Å². The molecule has 0 aromatic carbocycles. The Kier molecular flexibility index (Phi) is 2.69. The van der Waals surface area contributed by atoms with E-state index in [0.29, 0.717) is 5.22 Å². The van der Waals surface area contributed by atoms with Crippen molar-refractivity contribution in [3.63, 3.8) is 0 Å². The van der Waals surface area contributed by atoms with E-state index in [2.05, 4.69) is 10.1 Å². The van der Waals surface area contributed by atoms with E-state index in [-0.39, 0.29) is 5.69 Å². The van der Waals surface area contributed by atoms with Gasteiger partial charge in [-0.15, -0.1) is 0 Å². The molecule has 2 heterocycles. The maximum atomic E-state index is 10.6. The highest BCUT2D eigenvalue weighted by Crippen LogP contribution is 2.26. The third kappa shape index (κ3) is 2.08. The fraction of sp³-hybridized carbons (Fsp3) is 0.222. The summed E-state index contributed by atoms with van der Waals surface area (Å²) in [4.78, 5) is 14.4. The number of rotatable bonds is 3. The minimum Gasteiger partial charge on any atom is -0.476 e. The monoisotopic (exact) mass is 239 g/mol. The average molecular weight is 239 g/mol. The molecule has 0 aliphatic carbocycles. The first-order chi connectivity index (χ1) is 7.56. The fourth-order valence-electron chi connectivity index (χ4n) is 1.17. The van der Waals surface area contributed by atoms with Crippen LogP contribution in [0.25, 0.3) is 0 Å². The van der Waals surface area contributed by atoms with E-state index in [4.69, 9.17) is 9.52 Å². The molecule has 2 aromatic rings. The SMILES string of the molecule is Cc1cc(Sc2nc(C(=O)O)co2)n(C)n1. The molecular formula is C9H9N3O3S. The zero-order valence-corrected chi connectivity index (χ0v) is 9.48. The van der Waals surface area contributed by atoms with Crippen molar-refractivity contribution in [2.24, 2.45) is 7.05 Å². The van der Waals surface area contributed by atoms with Crippen LogP contribution in [-0.2, 0) is 7.05 Å². The smallest absolute Gasteiger partial charge is 0.357 e. The number of aryl methyl sites for hydroxylation is 2. The van der Waals surface area contributed by atoms with Crippen molar-refractivity contribution in [2.45, 2.75) is 17.2 Å². The molecule has 0 bridgehead atoms. The van der Waals surface area contributed by atoms with Crippen LogP contribution < -0.4 is 0 Å². The van der Waals surface area contributed by atoms with Gasteiger partial charge in [-0.25, -0.2) is 4.79 Å². The van der Waals surface area contributed by atoms with Gasteiger partial charge in [-0.1, -0.05) is 0 Å². The van der Waals surface area contributed by atoms with Gasteiger partial charge in [0, 0.05) is 7.05 Å². The van der Waals surface area contributed by atoms with Gasteiger partial charge >= 0.3 is 5.97 Å². The zero-order chi connectivity index (χ0) is 11.7. The van der Waals surface area contributed by atoms with Crippen LogP contribution in [0.4, 0.5) is 0 Å². The second-order valence-corrected chi connectivity index (χ2v) is 4.13. The molecule has 0 aliphatic rings. The van der Waals surface area contributed by atoms with E-state index in [1.54, 1.807) is 11.7 Å². The van der Waals surface area contributed by atoms with E-state index in [9.17, 15) is 4.79 Å². The highest BCUT2D eigenvalue weighted by atomic mass is 32.2. The number of hydrogen-bond acceptors (Lipinski definition) is 5. The summed E-state index contributed by atoms with van der Waals surface area (Å²) in [7, 11) is 1.80. The molecule has 0 radical (unpaired) electrons. The number of aromatic carboxylic acids is 1. The molecular weight excluding hydrogens is 230 g/mol. The Hall–Kier alpha value is -1.76. The van der Waals surface area contributed by atoms with Gasteiger partial charge < -0.3 is 9.52 Å². The quantitative estimate of drug-likeness (QED) is 0.875. The molecule has 1 N–H and O–H groups in total. The highest BCUT2D eigenvalue weighted by Gasteiger charge is 2.13. The summed E-state index contributed by atoms with van der Waals surface area (Å²) in [6.45, 7) is 1.88. The van der Waals surface area contributed by atoms with Crippen molar-refractivity contribution in [3.8, 4) is 0 Å². The summed E-state index contributed by atoms with van der Waals surface area (Å²) < 4.78 is 6.71. The third-order valence-corrected chi connectivity index (χ3v) is 2.81. The summed E-state index contributed by atoms with van der Waals surface area (Å²) >= 11 is 1.23. The van der Waals surface area contributed by atoms with Crippen LogP contribution in [0.15, 0.2) is 27.0 Å². The Labute approximate surface area is 95.3 Å². The molecule has 0 atom stereocenters. The van der Waals surface area contributed by atoms with Crippen molar-refractivity contribution in [3.05, 3.63) is 23.7 Å². The van der Waals surface area contributed by atoms with Gasteiger partial charge in [-0.2, -0.15) is 10.1 Å². The molecule has 0 aliphatic heterocycles. The van der Waals surface area contributed by atoms with Crippen LogP contribution in [0.2, 0.25) is 0 Å². The van der Waals surface area contributed by atoms with Gasteiger partial charge in [0.1, 0.15) is 11.3 Å². The third-order valence-electron chi connectivity index (χ3n) is 1.85. The molecule has 7 heteroatoms. The van der Waals surface area contributed by atoms with Crippen LogP contribution in [0.1, 0.15) is 16.2 Å². The summed E-state index contributed by atoms with van der Waals surface area (Å²) in [6, 6.07) is 1.87. The normalized spacial score (nSPS) is 10.6. The molecule has 2 aromatic heterocycles. The van der Waals surface area contributed by atoms with E-state index >= 15 is 0 Å². The Morgan fingerprint density at radius 2 is 2.38 bits per heavy atom. The molecule has 0 saturated carbocycles. The van der Waals surface area contributed by atoms with E-state index in [1.165, 1.54) is 11.8 Å². The summed E-state index contributed by atoms with van der Waals surface area (Å²) in [6.07, 6.45) is 1.12. The van der Waals surface area contributed by atoms with Gasteiger partial charge in [0.2, 0.25) is 0 Å². The number of oxazole rings is 1. The predicted octanol–water partition coefficient (Wildman–Crippen LogP) is 1.57. The maximum absolute atomic E-state index is 10.6. The van der Waals surface area contributed by atoms with E-state index < -0.39 is 5.97 Å². The van der Waals surface area contributed by atoms with Crippen molar-refractivity contribution in [2.75, 3.05) is 0 Å². The molecule has 0 amide bonds. The van der Waals surface area contributed by atoms with Crippen LogP contribution >= 0.6 is 11.8 Å². The number of nitrogens with zero attached hydrogens (tertiary/aromatic N) is 3. The summed E-state index contributed by atoms with van der Waals surface area (Å²) in [5, 5.41) is 14.0. The molecule has 16 heavy (non-hydrogen) atoms. The van der Waals surface area contributed by atoms with E-state index in [0.717, 1.165) is 17.0 Å². The molecule has 0 unspecified atom stereocenters. The summed E-state index contributed by atoms with van der Waals surface area (Å²) in [5.41, 5.74) is 0.788. The summed E-state index contributed by atoms with van der Waals surface area (Å²) in [5.74, 6) is -1.10. The molecule has 0 spiro atoms. The second kappa shape index (κ2) is 4.01.